The lowest BCUT2D eigenvalue weighted by atomic mass is 10.1. The lowest BCUT2D eigenvalue weighted by molar-refractivity contribution is 0.414. The Morgan fingerprint density at radius 3 is 2.00 bits per heavy atom. The first-order valence-corrected chi connectivity index (χ1v) is 9.58. The highest BCUT2D eigenvalue weighted by atomic mass is 28.3. The second-order valence-corrected chi connectivity index (χ2v) is 12.0. The summed E-state index contributed by atoms with van der Waals surface area (Å²) in [7, 11) is 0.241. The van der Waals surface area contributed by atoms with Crippen molar-refractivity contribution in [1.29, 1.82) is 0 Å². The second kappa shape index (κ2) is 5.31. The molecule has 0 N–H and O–H groups in total. The average molecular weight is 262 g/mol. The van der Waals surface area contributed by atoms with Gasteiger partial charge in [0.1, 0.15) is 5.75 Å². The Morgan fingerprint density at radius 1 is 1.17 bits per heavy atom. The predicted molar refractivity (Wildman–Crippen MR) is 83.1 cm³/mol. The average Bonchev–Trinajstić information content (AvgIpc) is 2.29. The standard InChI is InChI=1S/C16H26OSi/c1-8-15(18(6,7)16(2,3)4)13-9-11-14(17-5)12-10-13/h8-12,15H,1H2,2-7H3. The van der Waals surface area contributed by atoms with E-state index >= 15 is 0 Å². The van der Waals surface area contributed by atoms with Gasteiger partial charge in [-0.05, 0) is 28.3 Å². The minimum Gasteiger partial charge on any atom is -0.497 e. The Labute approximate surface area is 113 Å². The van der Waals surface area contributed by atoms with Crippen LogP contribution in [0.2, 0.25) is 18.1 Å². The number of hydrogen-bond donors (Lipinski definition) is 0. The number of ether oxygens (including phenoxy) is 1. The molecule has 1 atom stereocenters. The highest BCUT2D eigenvalue weighted by Gasteiger charge is 2.41. The molecule has 1 aromatic carbocycles. The lowest BCUT2D eigenvalue weighted by Gasteiger charge is -2.42. The van der Waals surface area contributed by atoms with Crippen molar-refractivity contribution in [2.45, 2.75) is 44.4 Å². The molecule has 1 rings (SSSR count). The fourth-order valence-corrected chi connectivity index (χ4v) is 4.67. The van der Waals surface area contributed by atoms with E-state index in [0.29, 0.717) is 10.6 Å². The number of methoxy groups -OCH3 is 1. The van der Waals surface area contributed by atoms with Crippen LogP contribution in [0.5, 0.6) is 5.75 Å². The van der Waals surface area contributed by atoms with Gasteiger partial charge >= 0.3 is 0 Å². The van der Waals surface area contributed by atoms with E-state index in [1.807, 2.05) is 12.1 Å². The first-order chi connectivity index (χ1) is 8.24. The molecule has 1 aromatic rings. The Bertz CT molecular complexity index is 398. The number of benzene rings is 1. The van der Waals surface area contributed by atoms with Gasteiger partial charge in [-0.1, -0.05) is 52.1 Å². The van der Waals surface area contributed by atoms with E-state index in [0.717, 1.165) is 5.75 Å². The van der Waals surface area contributed by atoms with E-state index in [9.17, 15) is 0 Å². The molecule has 1 nitrogen and oxygen atoms in total. The van der Waals surface area contributed by atoms with Gasteiger partial charge in [0.05, 0.1) is 15.2 Å². The van der Waals surface area contributed by atoms with Crippen LogP contribution in [0.3, 0.4) is 0 Å². The van der Waals surface area contributed by atoms with Crippen molar-refractivity contribution < 1.29 is 4.74 Å². The van der Waals surface area contributed by atoms with Gasteiger partial charge < -0.3 is 4.74 Å². The van der Waals surface area contributed by atoms with Gasteiger partial charge in [-0.3, -0.25) is 0 Å². The number of hydrogen-bond acceptors (Lipinski definition) is 1. The third-order valence-electron chi connectivity index (χ3n) is 4.42. The summed E-state index contributed by atoms with van der Waals surface area (Å²) in [6.07, 6.45) is 2.12. The zero-order valence-corrected chi connectivity index (χ0v) is 13.6. The molecule has 0 aliphatic carbocycles. The van der Waals surface area contributed by atoms with E-state index in [4.69, 9.17) is 4.74 Å². The molecule has 0 aliphatic heterocycles. The maximum absolute atomic E-state index is 5.22. The summed E-state index contributed by atoms with van der Waals surface area (Å²) in [5.41, 5.74) is 1.83. The van der Waals surface area contributed by atoms with Crippen molar-refractivity contribution in [3.63, 3.8) is 0 Å². The highest BCUT2D eigenvalue weighted by Crippen LogP contribution is 2.45. The minimum atomic E-state index is -1.46. The van der Waals surface area contributed by atoms with Crippen LogP contribution in [0.15, 0.2) is 36.9 Å². The summed E-state index contributed by atoms with van der Waals surface area (Å²) < 4.78 is 5.22. The molecule has 100 valence electrons. The maximum Gasteiger partial charge on any atom is 0.118 e. The molecular weight excluding hydrogens is 236 g/mol. The normalized spacial score (nSPS) is 14.1. The predicted octanol–water partition coefficient (Wildman–Crippen LogP) is 5.01. The third kappa shape index (κ3) is 2.86. The van der Waals surface area contributed by atoms with Crippen LogP contribution < -0.4 is 4.74 Å². The number of allylic oxidation sites excluding steroid dienone is 1. The quantitative estimate of drug-likeness (QED) is 0.547. The minimum absolute atomic E-state index is 0.353. The highest BCUT2D eigenvalue weighted by molar-refractivity contribution is 6.81. The summed E-state index contributed by atoms with van der Waals surface area (Å²) in [5, 5.41) is 0.353. The largest absolute Gasteiger partial charge is 0.497 e. The zero-order valence-electron chi connectivity index (χ0n) is 12.6. The van der Waals surface area contributed by atoms with Crippen molar-refractivity contribution in [3.05, 3.63) is 42.5 Å². The molecule has 18 heavy (non-hydrogen) atoms. The van der Waals surface area contributed by atoms with Gasteiger partial charge in [0.15, 0.2) is 0 Å². The summed E-state index contributed by atoms with van der Waals surface area (Å²) >= 11 is 0. The fourth-order valence-electron chi connectivity index (χ4n) is 2.13. The maximum atomic E-state index is 5.22. The Hall–Kier alpha value is -1.02. The summed E-state index contributed by atoms with van der Waals surface area (Å²) in [5.74, 6) is 0.914. The third-order valence-corrected chi connectivity index (χ3v) is 10.4. The van der Waals surface area contributed by atoms with E-state index in [1.54, 1.807) is 7.11 Å². The Balaban J connectivity index is 3.13. The van der Waals surface area contributed by atoms with Crippen molar-refractivity contribution >= 4 is 8.07 Å². The smallest absolute Gasteiger partial charge is 0.118 e. The van der Waals surface area contributed by atoms with Gasteiger partial charge in [-0.2, -0.15) is 0 Å². The van der Waals surface area contributed by atoms with Crippen LogP contribution >= 0.6 is 0 Å². The Morgan fingerprint density at radius 2 is 1.67 bits per heavy atom. The molecule has 1 unspecified atom stereocenters. The molecular formula is C16H26OSi. The van der Waals surface area contributed by atoms with Gasteiger partial charge in [-0.15, -0.1) is 6.58 Å². The first kappa shape index (κ1) is 15.0. The van der Waals surface area contributed by atoms with Gasteiger partial charge in [0, 0.05) is 0 Å². The molecule has 0 bridgehead atoms. The zero-order chi connectivity index (χ0) is 14.0. The van der Waals surface area contributed by atoms with E-state index in [-0.39, 0.29) is 0 Å². The molecule has 0 spiro atoms. The monoisotopic (exact) mass is 262 g/mol. The number of rotatable bonds is 4. The Kier molecular flexibility index (Phi) is 4.44. The van der Waals surface area contributed by atoms with E-state index in [2.05, 4.69) is 58.7 Å². The second-order valence-electron chi connectivity index (χ2n) is 6.46. The summed E-state index contributed by atoms with van der Waals surface area (Å²) in [6, 6.07) is 8.43. The summed E-state index contributed by atoms with van der Waals surface area (Å²) in [4.78, 5) is 0. The molecule has 2 heteroatoms. The molecule has 0 aromatic heterocycles. The van der Waals surface area contributed by atoms with Crippen molar-refractivity contribution in [3.8, 4) is 5.75 Å². The molecule has 0 aliphatic rings. The van der Waals surface area contributed by atoms with Crippen LogP contribution in [0.1, 0.15) is 31.9 Å². The molecule has 0 fully saturated rings. The van der Waals surface area contributed by atoms with E-state index in [1.165, 1.54) is 5.56 Å². The van der Waals surface area contributed by atoms with Crippen LogP contribution in [-0.2, 0) is 0 Å². The van der Waals surface area contributed by atoms with Crippen LogP contribution in [-0.4, -0.2) is 15.2 Å². The molecule has 0 heterocycles. The van der Waals surface area contributed by atoms with Gasteiger partial charge in [0.25, 0.3) is 0 Å². The van der Waals surface area contributed by atoms with E-state index < -0.39 is 8.07 Å². The fraction of sp³-hybridized carbons (Fsp3) is 0.500. The van der Waals surface area contributed by atoms with Crippen LogP contribution in [0.4, 0.5) is 0 Å². The molecule has 0 saturated carbocycles. The summed E-state index contributed by atoms with van der Waals surface area (Å²) in [6.45, 7) is 16.0. The van der Waals surface area contributed by atoms with Gasteiger partial charge in [0.2, 0.25) is 0 Å². The molecule has 0 amide bonds. The lowest BCUT2D eigenvalue weighted by Crippen LogP contribution is -2.43. The molecule has 0 radical (unpaired) electrons. The van der Waals surface area contributed by atoms with Crippen LogP contribution in [0, 0.1) is 0 Å². The van der Waals surface area contributed by atoms with Crippen molar-refractivity contribution in [2.75, 3.05) is 7.11 Å². The van der Waals surface area contributed by atoms with Crippen molar-refractivity contribution in [2.24, 2.45) is 0 Å². The van der Waals surface area contributed by atoms with Gasteiger partial charge in [-0.25, -0.2) is 0 Å². The topological polar surface area (TPSA) is 9.23 Å². The SMILES string of the molecule is C=CC(c1ccc(OC)cc1)[Si](C)(C)C(C)(C)C. The van der Waals surface area contributed by atoms with Crippen molar-refractivity contribution in [1.82, 2.24) is 0 Å². The first-order valence-electron chi connectivity index (χ1n) is 6.50. The molecule has 0 saturated heterocycles. The van der Waals surface area contributed by atoms with Crippen LogP contribution in [0.25, 0.3) is 0 Å².